The summed E-state index contributed by atoms with van der Waals surface area (Å²) in [6.45, 7) is 8.27. The standard InChI is InChI=1S/C13H24N4O/c1-13(2,3)10(14)11-15-12(16-18-11)17-8-6-4-5-7-9-17/h10H,4-9,14H2,1-3H3/t10-/m1/s1. The van der Waals surface area contributed by atoms with Gasteiger partial charge in [0.1, 0.15) is 0 Å². The van der Waals surface area contributed by atoms with E-state index in [1.54, 1.807) is 0 Å². The summed E-state index contributed by atoms with van der Waals surface area (Å²) >= 11 is 0. The maximum atomic E-state index is 6.13. The van der Waals surface area contributed by atoms with Crippen molar-refractivity contribution in [2.45, 2.75) is 52.5 Å². The van der Waals surface area contributed by atoms with E-state index >= 15 is 0 Å². The van der Waals surface area contributed by atoms with Crippen LogP contribution in [-0.4, -0.2) is 23.2 Å². The molecule has 0 unspecified atom stereocenters. The Kier molecular flexibility index (Phi) is 3.90. The molecule has 1 atom stereocenters. The molecule has 0 radical (unpaired) electrons. The molecule has 0 spiro atoms. The van der Waals surface area contributed by atoms with E-state index in [2.05, 4.69) is 35.8 Å². The fraction of sp³-hybridized carbons (Fsp3) is 0.846. The van der Waals surface area contributed by atoms with E-state index < -0.39 is 0 Å². The zero-order valence-electron chi connectivity index (χ0n) is 11.6. The van der Waals surface area contributed by atoms with Gasteiger partial charge in [0.25, 0.3) is 5.95 Å². The van der Waals surface area contributed by atoms with Crippen molar-refractivity contribution in [1.29, 1.82) is 0 Å². The molecule has 5 nitrogen and oxygen atoms in total. The van der Waals surface area contributed by atoms with Crippen LogP contribution in [0.1, 0.15) is 58.4 Å². The van der Waals surface area contributed by atoms with E-state index in [1.807, 2.05) is 0 Å². The Morgan fingerprint density at radius 1 is 1.17 bits per heavy atom. The van der Waals surface area contributed by atoms with Gasteiger partial charge in [-0.05, 0) is 23.4 Å². The fourth-order valence-electron chi connectivity index (χ4n) is 2.12. The van der Waals surface area contributed by atoms with Gasteiger partial charge < -0.3 is 15.2 Å². The predicted octanol–water partition coefficient (Wildman–Crippen LogP) is 2.50. The SMILES string of the molecule is CC(C)(C)[C@H](N)c1nc(N2CCCCCC2)no1. The van der Waals surface area contributed by atoms with Crippen molar-refractivity contribution < 1.29 is 4.52 Å². The Morgan fingerprint density at radius 3 is 2.33 bits per heavy atom. The predicted molar refractivity (Wildman–Crippen MR) is 71.4 cm³/mol. The quantitative estimate of drug-likeness (QED) is 0.875. The van der Waals surface area contributed by atoms with Crippen molar-refractivity contribution in [1.82, 2.24) is 10.1 Å². The minimum atomic E-state index is -0.217. The van der Waals surface area contributed by atoms with Crippen LogP contribution in [0, 0.1) is 5.41 Å². The minimum absolute atomic E-state index is 0.0669. The van der Waals surface area contributed by atoms with E-state index in [4.69, 9.17) is 10.3 Å². The van der Waals surface area contributed by atoms with Crippen LogP contribution >= 0.6 is 0 Å². The molecule has 102 valence electrons. The van der Waals surface area contributed by atoms with Crippen molar-refractivity contribution in [3.63, 3.8) is 0 Å². The largest absolute Gasteiger partial charge is 0.338 e. The van der Waals surface area contributed by atoms with Crippen LogP contribution in [0.2, 0.25) is 0 Å². The molecule has 2 rings (SSSR count). The van der Waals surface area contributed by atoms with E-state index in [0.29, 0.717) is 11.8 Å². The first-order valence-electron chi connectivity index (χ1n) is 6.82. The third-order valence-electron chi connectivity index (χ3n) is 3.52. The normalized spacial score (nSPS) is 19.7. The van der Waals surface area contributed by atoms with Crippen LogP contribution < -0.4 is 10.6 Å². The van der Waals surface area contributed by atoms with Crippen LogP contribution in [0.15, 0.2) is 4.52 Å². The van der Waals surface area contributed by atoms with Crippen molar-refractivity contribution in [3.05, 3.63) is 5.89 Å². The van der Waals surface area contributed by atoms with Gasteiger partial charge in [0, 0.05) is 13.1 Å². The average molecular weight is 252 g/mol. The lowest BCUT2D eigenvalue weighted by Gasteiger charge is -2.23. The van der Waals surface area contributed by atoms with Crippen LogP contribution in [0.5, 0.6) is 0 Å². The smallest absolute Gasteiger partial charge is 0.266 e. The summed E-state index contributed by atoms with van der Waals surface area (Å²) in [5.74, 6) is 1.24. The van der Waals surface area contributed by atoms with Crippen LogP contribution in [0.25, 0.3) is 0 Å². The molecule has 0 aliphatic carbocycles. The molecule has 1 aromatic heterocycles. The first kappa shape index (κ1) is 13.3. The van der Waals surface area contributed by atoms with Crippen molar-refractivity contribution in [3.8, 4) is 0 Å². The minimum Gasteiger partial charge on any atom is -0.338 e. The second kappa shape index (κ2) is 5.26. The van der Waals surface area contributed by atoms with Gasteiger partial charge in [-0.3, -0.25) is 0 Å². The molecule has 1 saturated heterocycles. The number of anilines is 1. The molecule has 1 aliphatic rings. The molecule has 1 aliphatic heterocycles. The fourth-order valence-corrected chi connectivity index (χ4v) is 2.12. The molecule has 5 heteroatoms. The summed E-state index contributed by atoms with van der Waals surface area (Å²) in [6.07, 6.45) is 5.00. The molecule has 0 bridgehead atoms. The highest BCUT2D eigenvalue weighted by atomic mass is 16.5. The molecule has 0 amide bonds. The van der Waals surface area contributed by atoms with E-state index in [0.717, 1.165) is 13.1 Å². The first-order valence-corrected chi connectivity index (χ1v) is 6.82. The lowest BCUT2D eigenvalue weighted by Crippen LogP contribution is -2.27. The molecule has 1 aromatic rings. The van der Waals surface area contributed by atoms with Gasteiger partial charge in [-0.15, -0.1) is 0 Å². The number of nitrogens with two attached hydrogens (primary N) is 1. The van der Waals surface area contributed by atoms with Gasteiger partial charge in [-0.25, -0.2) is 0 Å². The second-order valence-corrected chi connectivity index (χ2v) is 6.18. The van der Waals surface area contributed by atoms with Gasteiger partial charge in [-0.1, -0.05) is 33.6 Å². The van der Waals surface area contributed by atoms with Crippen LogP contribution in [0.3, 0.4) is 0 Å². The zero-order chi connectivity index (χ0) is 13.2. The molecule has 2 heterocycles. The van der Waals surface area contributed by atoms with E-state index in [1.165, 1.54) is 25.7 Å². The van der Waals surface area contributed by atoms with Gasteiger partial charge in [0.15, 0.2) is 0 Å². The average Bonchev–Trinajstić information content (AvgIpc) is 2.62. The van der Waals surface area contributed by atoms with Gasteiger partial charge >= 0.3 is 0 Å². The summed E-state index contributed by atoms with van der Waals surface area (Å²) in [6, 6.07) is -0.217. The molecular formula is C13H24N4O. The number of rotatable bonds is 2. The second-order valence-electron chi connectivity index (χ2n) is 6.18. The highest BCUT2D eigenvalue weighted by Gasteiger charge is 2.28. The Labute approximate surface area is 109 Å². The van der Waals surface area contributed by atoms with Crippen LogP contribution in [-0.2, 0) is 0 Å². The van der Waals surface area contributed by atoms with Crippen molar-refractivity contribution in [2.75, 3.05) is 18.0 Å². The monoisotopic (exact) mass is 252 g/mol. The third kappa shape index (κ3) is 3.02. The summed E-state index contributed by atoms with van der Waals surface area (Å²) < 4.78 is 5.32. The van der Waals surface area contributed by atoms with Gasteiger partial charge in [0.05, 0.1) is 6.04 Å². The number of nitrogens with zero attached hydrogens (tertiary/aromatic N) is 3. The van der Waals surface area contributed by atoms with E-state index in [9.17, 15) is 0 Å². The number of aromatic nitrogens is 2. The highest BCUT2D eigenvalue weighted by molar-refractivity contribution is 5.28. The topological polar surface area (TPSA) is 68.2 Å². The van der Waals surface area contributed by atoms with E-state index in [-0.39, 0.29) is 11.5 Å². The molecule has 2 N–H and O–H groups in total. The zero-order valence-corrected chi connectivity index (χ0v) is 11.6. The maximum Gasteiger partial charge on any atom is 0.266 e. The maximum absolute atomic E-state index is 6.13. The number of hydrogen-bond donors (Lipinski definition) is 1. The van der Waals surface area contributed by atoms with Gasteiger partial charge in [-0.2, -0.15) is 4.98 Å². The third-order valence-corrected chi connectivity index (χ3v) is 3.52. The Hall–Kier alpha value is -1.10. The molecule has 1 fully saturated rings. The Balaban J connectivity index is 2.09. The molecule has 0 saturated carbocycles. The van der Waals surface area contributed by atoms with Crippen LogP contribution in [0.4, 0.5) is 5.95 Å². The lowest BCUT2D eigenvalue weighted by molar-refractivity contribution is 0.253. The highest BCUT2D eigenvalue weighted by Crippen LogP contribution is 2.30. The number of hydrogen-bond acceptors (Lipinski definition) is 5. The summed E-state index contributed by atoms with van der Waals surface area (Å²) in [5.41, 5.74) is 6.06. The lowest BCUT2D eigenvalue weighted by atomic mass is 9.87. The molecule has 18 heavy (non-hydrogen) atoms. The summed E-state index contributed by atoms with van der Waals surface area (Å²) in [4.78, 5) is 6.67. The molecular weight excluding hydrogens is 228 g/mol. The molecule has 0 aromatic carbocycles. The Bertz CT molecular complexity index is 375. The van der Waals surface area contributed by atoms with Crippen molar-refractivity contribution >= 4 is 5.95 Å². The summed E-state index contributed by atoms with van der Waals surface area (Å²) in [5, 5.41) is 4.08. The Morgan fingerprint density at radius 2 is 1.78 bits per heavy atom. The first-order chi connectivity index (χ1) is 8.48. The van der Waals surface area contributed by atoms with Gasteiger partial charge in [0.2, 0.25) is 5.89 Å². The van der Waals surface area contributed by atoms with Crippen molar-refractivity contribution in [2.24, 2.45) is 11.1 Å². The summed E-state index contributed by atoms with van der Waals surface area (Å²) in [7, 11) is 0.